The minimum absolute atomic E-state index is 0.0152. The number of nitrogens with zero attached hydrogens (tertiary/aromatic N) is 3. The number of amidine groups is 1. The van der Waals surface area contributed by atoms with Crippen LogP contribution in [0.4, 0.5) is 4.79 Å². The van der Waals surface area contributed by atoms with E-state index in [0.717, 1.165) is 19.3 Å². The van der Waals surface area contributed by atoms with Gasteiger partial charge in [-0.25, -0.2) is 4.79 Å². The first-order valence-electron chi connectivity index (χ1n) is 7.62. The number of amides is 2. The van der Waals surface area contributed by atoms with Crippen LogP contribution >= 0.6 is 0 Å². The van der Waals surface area contributed by atoms with Crippen LogP contribution in [0.2, 0.25) is 0 Å². The first kappa shape index (κ1) is 16.4. The van der Waals surface area contributed by atoms with Crippen LogP contribution in [-0.2, 0) is 14.7 Å². The molecule has 2 unspecified atom stereocenters. The van der Waals surface area contributed by atoms with Crippen LogP contribution in [0.15, 0.2) is 4.99 Å². The number of urea groups is 1. The van der Waals surface area contributed by atoms with Gasteiger partial charge in [-0.3, -0.25) is 9.55 Å². The molecule has 0 radical (unpaired) electrons. The van der Waals surface area contributed by atoms with Crippen LogP contribution in [0.3, 0.4) is 0 Å². The van der Waals surface area contributed by atoms with E-state index in [2.05, 4.69) is 9.28 Å². The van der Waals surface area contributed by atoms with E-state index in [1.807, 2.05) is 0 Å². The van der Waals surface area contributed by atoms with Gasteiger partial charge in [0, 0.05) is 12.6 Å². The maximum Gasteiger partial charge on any atom is 0.418 e. The molecule has 23 heavy (non-hydrogen) atoms. The van der Waals surface area contributed by atoms with E-state index in [1.54, 1.807) is 0 Å². The number of carbonyl (C=O) groups is 1. The molecule has 4 atom stereocenters. The Morgan fingerprint density at radius 2 is 2.04 bits per heavy atom. The quantitative estimate of drug-likeness (QED) is 0.343. The third kappa shape index (κ3) is 3.27. The molecule has 10 nitrogen and oxygen atoms in total. The van der Waals surface area contributed by atoms with E-state index in [4.69, 9.17) is 16.0 Å². The molecule has 0 spiro atoms. The number of rotatable bonds is 4. The topological polar surface area (TPSA) is 152 Å². The molecule has 3 fully saturated rings. The summed E-state index contributed by atoms with van der Waals surface area (Å²) < 4.78 is 34.9. The van der Waals surface area contributed by atoms with E-state index in [1.165, 1.54) is 4.90 Å². The van der Waals surface area contributed by atoms with Gasteiger partial charge in [0.1, 0.15) is 5.84 Å². The molecule has 2 bridgehead atoms. The van der Waals surface area contributed by atoms with Crippen molar-refractivity contribution in [3.63, 3.8) is 0 Å². The Kier molecular flexibility index (Phi) is 4.21. The molecule has 5 N–H and O–H groups in total. The lowest BCUT2D eigenvalue weighted by Crippen LogP contribution is -2.49. The first-order chi connectivity index (χ1) is 10.8. The average Bonchev–Trinajstić information content (AvgIpc) is 2.96. The van der Waals surface area contributed by atoms with E-state index >= 15 is 0 Å². The molecule has 1 saturated carbocycles. The Morgan fingerprint density at radius 1 is 1.30 bits per heavy atom. The number of hydrogen-bond acceptors (Lipinski definition) is 6. The minimum atomic E-state index is -4.74. The molecule has 2 aliphatic heterocycles. The molecular weight excluding hydrogens is 326 g/mol. The van der Waals surface area contributed by atoms with Crippen LogP contribution in [-0.4, -0.2) is 65.5 Å². The maximum atomic E-state index is 12.3. The molecule has 3 aliphatic rings. The summed E-state index contributed by atoms with van der Waals surface area (Å²) in [6.45, 7) is 0.284. The zero-order chi connectivity index (χ0) is 16.8. The number of aliphatic imine (C=N–C) groups is 1. The molecule has 1 aliphatic carbocycles. The van der Waals surface area contributed by atoms with Crippen LogP contribution in [0, 0.1) is 0 Å². The predicted octanol–water partition coefficient (Wildman–Crippen LogP) is -0.774. The van der Waals surface area contributed by atoms with Crippen LogP contribution in [0.25, 0.3) is 0 Å². The standard InChI is InChI=1S/C12H21N5O5S/c13-8-2-1-3-9(8)15-11(14)10-5-4-7-6-16(10)12(18)17(7)22-23(19,20)21/h7-10H,1-6,13H2,(H2,14,15)(H,19,20,21)/t7-,8?,9?,10+/m1/s1. The second-order valence-corrected chi connectivity index (χ2v) is 7.23. The molecule has 11 heteroatoms. The largest absolute Gasteiger partial charge is 0.418 e. The maximum absolute atomic E-state index is 12.3. The van der Waals surface area contributed by atoms with Crippen molar-refractivity contribution < 1.29 is 22.0 Å². The fourth-order valence-electron chi connectivity index (χ4n) is 3.55. The van der Waals surface area contributed by atoms with Crippen molar-refractivity contribution in [2.75, 3.05) is 6.54 Å². The Bertz CT molecular complexity index is 623. The number of piperidine rings is 1. The van der Waals surface area contributed by atoms with E-state index < -0.39 is 28.5 Å². The van der Waals surface area contributed by atoms with Crippen LogP contribution in [0.5, 0.6) is 0 Å². The van der Waals surface area contributed by atoms with E-state index in [0.29, 0.717) is 23.7 Å². The summed E-state index contributed by atoms with van der Waals surface area (Å²) >= 11 is 0. The minimum Gasteiger partial charge on any atom is -0.386 e. The zero-order valence-electron chi connectivity index (χ0n) is 12.5. The van der Waals surface area contributed by atoms with Gasteiger partial charge in [0.15, 0.2) is 0 Å². The smallest absolute Gasteiger partial charge is 0.386 e. The first-order valence-corrected chi connectivity index (χ1v) is 8.98. The lowest BCUT2D eigenvalue weighted by atomic mass is 10.00. The summed E-state index contributed by atoms with van der Waals surface area (Å²) in [5, 5.41) is 0.698. The Morgan fingerprint density at radius 3 is 2.65 bits per heavy atom. The number of carbonyl (C=O) groups excluding carboxylic acids is 1. The third-order valence-electron chi connectivity index (χ3n) is 4.69. The van der Waals surface area contributed by atoms with Crippen molar-refractivity contribution in [1.82, 2.24) is 9.96 Å². The van der Waals surface area contributed by atoms with Gasteiger partial charge in [-0.1, -0.05) is 0 Å². The van der Waals surface area contributed by atoms with Crippen molar-refractivity contribution >= 4 is 22.3 Å². The summed E-state index contributed by atoms with van der Waals surface area (Å²) in [6, 6.07) is -1.51. The molecule has 3 rings (SSSR count). The van der Waals surface area contributed by atoms with Crippen molar-refractivity contribution in [2.45, 2.75) is 56.3 Å². The van der Waals surface area contributed by atoms with Gasteiger partial charge in [-0.15, -0.1) is 4.28 Å². The Balaban J connectivity index is 1.74. The van der Waals surface area contributed by atoms with Gasteiger partial charge in [-0.05, 0) is 32.1 Å². The van der Waals surface area contributed by atoms with E-state index in [-0.39, 0.29) is 18.6 Å². The van der Waals surface area contributed by atoms with Crippen molar-refractivity contribution in [3.8, 4) is 0 Å². The van der Waals surface area contributed by atoms with Crippen molar-refractivity contribution in [2.24, 2.45) is 16.5 Å². The van der Waals surface area contributed by atoms with Gasteiger partial charge >= 0.3 is 16.4 Å². The van der Waals surface area contributed by atoms with Crippen molar-refractivity contribution in [3.05, 3.63) is 0 Å². The second-order valence-electron chi connectivity index (χ2n) is 6.23. The molecule has 2 saturated heterocycles. The summed E-state index contributed by atoms with van der Waals surface area (Å²) in [6.07, 6.45) is 3.86. The Hall–Kier alpha value is -1.43. The average molecular weight is 347 g/mol. The predicted molar refractivity (Wildman–Crippen MR) is 80.6 cm³/mol. The highest BCUT2D eigenvalue weighted by molar-refractivity contribution is 7.80. The summed E-state index contributed by atoms with van der Waals surface area (Å²) in [5.74, 6) is 0.341. The molecule has 0 aromatic carbocycles. The number of nitrogens with two attached hydrogens (primary N) is 2. The van der Waals surface area contributed by atoms with Gasteiger partial charge in [-0.2, -0.15) is 13.5 Å². The number of hydrogen-bond donors (Lipinski definition) is 3. The van der Waals surface area contributed by atoms with E-state index in [9.17, 15) is 13.2 Å². The Labute approximate surface area is 134 Å². The monoisotopic (exact) mass is 347 g/mol. The highest BCUT2D eigenvalue weighted by Crippen LogP contribution is 2.31. The highest BCUT2D eigenvalue weighted by Gasteiger charge is 2.48. The summed E-state index contributed by atoms with van der Waals surface area (Å²) in [7, 11) is -4.74. The molecule has 2 heterocycles. The fourth-order valence-corrected chi connectivity index (χ4v) is 3.93. The van der Waals surface area contributed by atoms with Crippen LogP contribution < -0.4 is 11.5 Å². The van der Waals surface area contributed by atoms with Gasteiger partial charge in [0.05, 0.1) is 18.1 Å². The number of fused-ring (bicyclic) bond motifs is 2. The highest BCUT2D eigenvalue weighted by atomic mass is 32.3. The SMILES string of the molecule is NC(=NC1CCCC1N)[C@@H]1CC[C@@H]2CN1C(=O)N2OS(=O)(=O)O. The molecule has 2 amide bonds. The molecule has 0 aromatic rings. The summed E-state index contributed by atoms with van der Waals surface area (Å²) in [4.78, 5) is 18.2. The van der Waals surface area contributed by atoms with Crippen LogP contribution in [0.1, 0.15) is 32.1 Å². The molecular formula is C12H21N5O5S. The van der Waals surface area contributed by atoms with Gasteiger partial charge in [0.2, 0.25) is 0 Å². The van der Waals surface area contributed by atoms with Gasteiger partial charge < -0.3 is 16.4 Å². The molecule has 130 valence electrons. The van der Waals surface area contributed by atoms with Gasteiger partial charge in [0.25, 0.3) is 0 Å². The fraction of sp³-hybridized carbons (Fsp3) is 0.833. The lowest BCUT2D eigenvalue weighted by Gasteiger charge is -2.30. The normalized spacial score (nSPS) is 35.2. The zero-order valence-corrected chi connectivity index (χ0v) is 13.4. The summed E-state index contributed by atoms with van der Waals surface area (Å²) in [5.41, 5.74) is 12.1. The second kappa shape index (κ2) is 5.89. The number of hydroxylamine groups is 2. The molecule has 0 aromatic heterocycles. The third-order valence-corrected chi connectivity index (χ3v) is 5.03. The lowest BCUT2D eigenvalue weighted by molar-refractivity contribution is -0.0316. The van der Waals surface area contributed by atoms with Crippen molar-refractivity contribution in [1.29, 1.82) is 0 Å².